The van der Waals surface area contributed by atoms with Crippen LogP contribution in [0.5, 0.6) is 0 Å². The standard InChI is InChI=1S/C23H14N2O/c1-2-7-15(8-3-1)25-19-13-12-17-16-9-4-5-11-20(16)26-22(17)21(19)18-10-6-14-24-23(18)25/h1-14H. The Balaban J connectivity index is 1.89. The molecule has 3 heteroatoms. The predicted molar refractivity (Wildman–Crippen MR) is 106 cm³/mol. The Labute approximate surface area is 149 Å². The van der Waals surface area contributed by atoms with Crippen LogP contribution < -0.4 is 0 Å². The van der Waals surface area contributed by atoms with E-state index in [-0.39, 0.29) is 0 Å². The van der Waals surface area contributed by atoms with E-state index in [2.05, 4.69) is 64.1 Å². The summed E-state index contributed by atoms with van der Waals surface area (Å²) in [6, 6.07) is 27.0. The second-order valence-electron chi connectivity index (χ2n) is 6.48. The molecule has 6 aromatic rings. The third-order valence-corrected chi connectivity index (χ3v) is 5.05. The van der Waals surface area contributed by atoms with E-state index >= 15 is 0 Å². The van der Waals surface area contributed by atoms with Crippen LogP contribution >= 0.6 is 0 Å². The zero-order valence-corrected chi connectivity index (χ0v) is 13.9. The molecule has 0 radical (unpaired) electrons. The lowest BCUT2D eigenvalue weighted by molar-refractivity contribution is 0.673. The van der Waals surface area contributed by atoms with Gasteiger partial charge in [-0.2, -0.15) is 0 Å². The topological polar surface area (TPSA) is 31.0 Å². The summed E-state index contributed by atoms with van der Waals surface area (Å²) >= 11 is 0. The van der Waals surface area contributed by atoms with Gasteiger partial charge in [0.1, 0.15) is 16.8 Å². The molecule has 0 N–H and O–H groups in total. The molecule has 0 spiro atoms. The number of aromatic nitrogens is 2. The quantitative estimate of drug-likeness (QED) is 0.365. The maximum atomic E-state index is 6.28. The number of hydrogen-bond acceptors (Lipinski definition) is 2. The number of hydrogen-bond donors (Lipinski definition) is 0. The lowest BCUT2D eigenvalue weighted by Crippen LogP contribution is -1.94. The highest BCUT2D eigenvalue weighted by molar-refractivity contribution is 6.23. The molecule has 0 atom stereocenters. The number of fused-ring (bicyclic) bond motifs is 7. The van der Waals surface area contributed by atoms with Crippen molar-refractivity contribution in [2.24, 2.45) is 0 Å². The molecule has 26 heavy (non-hydrogen) atoms. The Morgan fingerprint density at radius 1 is 0.692 bits per heavy atom. The second-order valence-corrected chi connectivity index (χ2v) is 6.48. The van der Waals surface area contributed by atoms with Gasteiger partial charge in [-0.05, 0) is 42.5 Å². The summed E-state index contributed by atoms with van der Waals surface area (Å²) < 4.78 is 8.49. The summed E-state index contributed by atoms with van der Waals surface area (Å²) in [4.78, 5) is 4.68. The van der Waals surface area contributed by atoms with Crippen LogP contribution in [0.15, 0.2) is 89.5 Å². The average molecular weight is 334 g/mol. The van der Waals surface area contributed by atoms with Gasteiger partial charge >= 0.3 is 0 Å². The van der Waals surface area contributed by atoms with E-state index < -0.39 is 0 Å². The van der Waals surface area contributed by atoms with Crippen LogP contribution in [-0.2, 0) is 0 Å². The van der Waals surface area contributed by atoms with Crippen LogP contribution in [0, 0.1) is 0 Å². The Hall–Kier alpha value is -3.59. The first-order valence-electron chi connectivity index (χ1n) is 8.66. The minimum atomic E-state index is 0.916. The highest BCUT2D eigenvalue weighted by Crippen LogP contribution is 2.39. The molecule has 122 valence electrons. The summed E-state index contributed by atoms with van der Waals surface area (Å²) in [5.41, 5.74) is 5.00. The molecule has 0 amide bonds. The zero-order valence-electron chi connectivity index (χ0n) is 13.9. The fourth-order valence-corrected chi connectivity index (χ4v) is 3.95. The molecule has 0 unspecified atom stereocenters. The molecule has 0 saturated carbocycles. The van der Waals surface area contributed by atoms with Crippen LogP contribution in [-0.4, -0.2) is 9.55 Å². The van der Waals surface area contributed by atoms with Gasteiger partial charge in [0.05, 0.1) is 10.9 Å². The third kappa shape index (κ3) is 1.69. The highest BCUT2D eigenvalue weighted by Gasteiger charge is 2.18. The fraction of sp³-hybridized carbons (Fsp3) is 0. The van der Waals surface area contributed by atoms with Gasteiger partial charge in [0.25, 0.3) is 0 Å². The predicted octanol–water partition coefficient (Wildman–Crippen LogP) is 6.08. The Morgan fingerprint density at radius 3 is 2.42 bits per heavy atom. The van der Waals surface area contributed by atoms with E-state index in [4.69, 9.17) is 4.42 Å². The normalized spacial score (nSPS) is 11.8. The zero-order chi connectivity index (χ0) is 17.1. The van der Waals surface area contributed by atoms with E-state index in [9.17, 15) is 0 Å². The van der Waals surface area contributed by atoms with E-state index in [0.29, 0.717) is 0 Å². The molecular formula is C23H14N2O. The minimum absolute atomic E-state index is 0.916. The number of rotatable bonds is 1. The summed E-state index contributed by atoms with van der Waals surface area (Å²) in [5, 5.41) is 4.51. The van der Waals surface area contributed by atoms with E-state index in [1.54, 1.807) is 0 Å². The molecule has 0 aliphatic heterocycles. The number of benzene rings is 3. The van der Waals surface area contributed by atoms with E-state index in [0.717, 1.165) is 49.6 Å². The largest absolute Gasteiger partial charge is 0.455 e. The monoisotopic (exact) mass is 334 g/mol. The van der Waals surface area contributed by atoms with Crippen molar-refractivity contribution in [1.82, 2.24) is 9.55 Å². The first-order valence-corrected chi connectivity index (χ1v) is 8.66. The SMILES string of the molecule is c1ccc(-n2c3ccc4c5ccccc5oc4c3c3cccnc32)cc1. The first-order chi connectivity index (χ1) is 12.9. The molecule has 3 aromatic heterocycles. The van der Waals surface area contributed by atoms with E-state index in [1.807, 2.05) is 30.5 Å². The lowest BCUT2D eigenvalue weighted by atomic mass is 10.1. The van der Waals surface area contributed by atoms with Crippen molar-refractivity contribution in [1.29, 1.82) is 0 Å². The Kier molecular flexibility index (Phi) is 2.61. The third-order valence-electron chi connectivity index (χ3n) is 5.05. The van der Waals surface area contributed by atoms with Gasteiger partial charge in [-0.15, -0.1) is 0 Å². The minimum Gasteiger partial charge on any atom is -0.455 e. The van der Waals surface area contributed by atoms with Crippen LogP contribution in [0.3, 0.4) is 0 Å². The number of pyridine rings is 1. The van der Waals surface area contributed by atoms with Crippen molar-refractivity contribution in [2.45, 2.75) is 0 Å². The van der Waals surface area contributed by atoms with Crippen molar-refractivity contribution in [2.75, 3.05) is 0 Å². The van der Waals surface area contributed by atoms with Crippen LogP contribution in [0.25, 0.3) is 49.6 Å². The smallest absolute Gasteiger partial charge is 0.145 e. The molecule has 0 fully saturated rings. The molecule has 3 nitrogen and oxygen atoms in total. The van der Waals surface area contributed by atoms with Crippen molar-refractivity contribution in [3.8, 4) is 5.69 Å². The van der Waals surface area contributed by atoms with Gasteiger partial charge < -0.3 is 4.42 Å². The van der Waals surface area contributed by atoms with Gasteiger partial charge in [0.2, 0.25) is 0 Å². The molecule has 0 bridgehead atoms. The number of furan rings is 1. The van der Waals surface area contributed by atoms with Crippen molar-refractivity contribution in [3.63, 3.8) is 0 Å². The molecule has 0 aliphatic rings. The molecule has 3 aromatic carbocycles. The first kappa shape index (κ1) is 13.7. The maximum absolute atomic E-state index is 6.28. The summed E-state index contributed by atoms with van der Waals surface area (Å²) in [6.45, 7) is 0. The van der Waals surface area contributed by atoms with Crippen LogP contribution in [0.4, 0.5) is 0 Å². The number of para-hydroxylation sites is 2. The van der Waals surface area contributed by atoms with Crippen LogP contribution in [0.2, 0.25) is 0 Å². The van der Waals surface area contributed by atoms with Gasteiger partial charge in [-0.1, -0.05) is 36.4 Å². The highest BCUT2D eigenvalue weighted by atomic mass is 16.3. The average Bonchev–Trinajstić information content (AvgIpc) is 3.24. The van der Waals surface area contributed by atoms with Crippen LogP contribution in [0.1, 0.15) is 0 Å². The molecular weight excluding hydrogens is 320 g/mol. The summed E-state index contributed by atoms with van der Waals surface area (Å²) in [7, 11) is 0. The van der Waals surface area contributed by atoms with Crippen molar-refractivity contribution in [3.05, 3.63) is 85.1 Å². The van der Waals surface area contributed by atoms with Crippen molar-refractivity contribution < 1.29 is 4.42 Å². The summed E-state index contributed by atoms with van der Waals surface area (Å²) in [5.74, 6) is 0. The van der Waals surface area contributed by atoms with Gasteiger partial charge in [-0.3, -0.25) is 4.57 Å². The van der Waals surface area contributed by atoms with Gasteiger partial charge in [-0.25, -0.2) is 4.98 Å². The van der Waals surface area contributed by atoms with Crippen molar-refractivity contribution >= 4 is 43.9 Å². The summed E-state index contributed by atoms with van der Waals surface area (Å²) in [6.07, 6.45) is 1.84. The molecule has 0 aliphatic carbocycles. The van der Waals surface area contributed by atoms with Gasteiger partial charge in [0.15, 0.2) is 0 Å². The second kappa shape index (κ2) is 4.96. The lowest BCUT2D eigenvalue weighted by Gasteiger charge is -2.06. The molecule has 3 heterocycles. The van der Waals surface area contributed by atoms with E-state index in [1.165, 1.54) is 0 Å². The molecule has 0 saturated heterocycles. The number of nitrogens with zero attached hydrogens (tertiary/aromatic N) is 2. The Morgan fingerprint density at radius 2 is 1.50 bits per heavy atom. The Bertz CT molecular complexity index is 1420. The van der Waals surface area contributed by atoms with Gasteiger partial charge in [0, 0.05) is 28.0 Å². The maximum Gasteiger partial charge on any atom is 0.145 e. The molecule has 6 rings (SSSR count). The fourth-order valence-electron chi connectivity index (χ4n) is 3.95.